The zero-order valence-electron chi connectivity index (χ0n) is 13.6. The fourth-order valence-corrected chi connectivity index (χ4v) is 3.59. The summed E-state index contributed by atoms with van der Waals surface area (Å²) in [5, 5.41) is 6.95. The monoisotopic (exact) mass is 314 g/mol. The summed E-state index contributed by atoms with van der Waals surface area (Å²) in [7, 11) is 0. The van der Waals surface area contributed by atoms with Gasteiger partial charge in [-0.15, -0.1) is 0 Å². The number of fused-ring (bicyclic) bond motifs is 3. The summed E-state index contributed by atoms with van der Waals surface area (Å²) in [6.07, 6.45) is -0.248. The Hall–Kier alpha value is -1.58. The van der Waals surface area contributed by atoms with Crippen molar-refractivity contribution in [2.75, 3.05) is 6.61 Å². The van der Waals surface area contributed by atoms with Crippen LogP contribution >= 0.6 is 11.3 Å². The van der Waals surface area contributed by atoms with Crippen LogP contribution in [0, 0.1) is 0 Å². The van der Waals surface area contributed by atoms with E-state index in [4.69, 9.17) is 9.47 Å². The molecule has 22 heavy (non-hydrogen) atoms. The second kappa shape index (κ2) is 6.27. The van der Waals surface area contributed by atoms with Crippen LogP contribution in [0.1, 0.15) is 39.2 Å². The van der Waals surface area contributed by atoms with Gasteiger partial charge in [0.2, 0.25) is 0 Å². The first-order valence-corrected chi connectivity index (χ1v) is 8.75. The first kappa shape index (κ1) is 15.3. The summed E-state index contributed by atoms with van der Waals surface area (Å²) in [5.74, 6) is 1.39. The molecule has 1 atom stereocenters. The lowest BCUT2D eigenvalue weighted by Crippen LogP contribution is -2.16. The molecule has 0 bridgehead atoms. The van der Waals surface area contributed by atoms with E-state index in [1.807, 2.05) is 13.8 Å². The van der Waals surface area contributed by atoms with Gasteiger partial charge in [-0.2, -0.15) is 11.3 Å². The summed E-state index contributed by atoms with van der Waals surface area (Å²) in [5.41, 5.74) is 3.75. The average molecular weight is 314 g/mol. The number of hydrogen-bond acceptors (Lipinski definition) is 3. The third kappa shape index (κ3) is 2.83. The zero-order valence-corrected chi connectivity index (χ0v) is 14.4. The SMILES string of the molecule is CCOC(C)Oc1ccc(C(C)C)cc2cc3cscc3c1-2. The van der Waals surface area contributed by atoms with Crippen molar-refractivity contribution >= 4 is 22.1 Å². The Balaban J connectivity index is 2.16. The molecule has 0 radical (unpaired) electrons. The van der Waals surface area contributed by atoms with E-state index in [0.717, 1.165) is 5.75 Å². The summed E-state index contributed by atoms with van der Waals surface area (Å²) in [6.45, 7) is 9.01. The summed E-state index contributed by atoms with van der Waals surface area (Å²) in [4.78, 5) is 0. The van der Waals surface area contributed by atoms with Gasteiger partial charge in [0.25, 0.3) is 0 Å². The van der Waals surface area contributed by atoms with E-state index < -0.39 is 0 Å². The standard InChI is InChI=1S/C19H22O2S/c1-5-20-13(4)21-18-7-6-14(12(2)3)8-15-9-16-10-22-11-17(16)19(15)18/h6-13H,5H2,1-4H3. The van der Waals surface area contributed by atoms with E-state index in [1.54, 1.807) is 11.3 Å². The second-order valence-electron chi connectivity index (χ2n) is 5.85. The predicted octanol–water partition coefficient (Wildman–Crippen LogP) is 5.89. The van der Waals surface area contributed by atoms with Crippen molar-refractivity contribution in [3.63, 3.8) is 0 Å². The predicted molar refractivity (Wildman–Crippen MR) is 94.3 cm³/mol. The highest BCUT2D eigenvalue weighted by Gasteiger charge is 2.18. The van der Waals surface area contributed by atoms with E-state index in [-0.39, 0.29) is 6.29 Å². The minimum absolute atomic E-state index is 0.248. The normalized spacial score (nSPS) is 13.1. The molecule has 0 aromatic carbocycles. The zero-order chi connectivity index (χ0) is 15.7. The molecule has 0 aliphatic heterocycles. The van der Waals surface area contributed by atoms with Crippen molar-refractivity contribution in [2.24, 2.45) is 0 Å². The average Bonchev–Trinajstić information content (AvgIpc) is 2.97. The largest absolute Gasteiger partial charge is 0.465 e. The molecule has 0 fully saturated rings. The maximum absolute atomic E-state index is 6.08. The Kier molecular flexibility index (Phi) is 4.37. The lowest BCUT2D eigenvalue weighted by molar-refractivity contribution is -0.0609. The van der Waals surface area contributed by atoms with Crippen LogP contribution in [-0.4, -0.2) is 12.9 Å². The Morgan fingerprint density at radius 2 is 1.91 bits per heavy atom. The third-order valence-corrected chi connectivity index (χ3v) is 4.68. The summed E-state index contributed by atoms with van der Waals surface area (Å²) >= 11 is 1.73. The minimum Gasteiger partial charge on any atom is -0.465 e. The van der Waals surface area contributed by atoms with Crippen LogP contribution in [-0.2, 0) is 4.74 Å². The topological polar surface area (TPSA) is 18.5 Å². The third-order valence-electron chi connectivity index (χ3n) is 3.92. The van der Waals surface area contributed by atoms with Crippen molar-refractivity contribution in [1.29, 1.82) is 0 Å². The lowest BCUT2D eigenvalue weighted by atomic mass is 10.0. The Bertz CT molecular complexity index is 745. The van der Waals surface area contributed by atoms with Crippen molar-refractivity contribution in [1.82, 2.24) is 0 Å². The Morgan fingerprint density at radius 3 is 2.64 bits per heavy atom. The van der Waals surface area contributed by atoms with Gasteiger partial charge in [-0.05, 0) is 59.2 Å². The maximum atomic E-state index is 6.08. The van der Waals surface area contributed by atoms with E-state index in [9.17, 15) is 0 Å². The van der Waals surface area contributed by atoms with Crippen LogP contribution in [0.4, 0.5) is 0 Å². The van der Waals surface area contributed by atoms with Gasteiger partial charge in [0, 0.05) is 17.6 Å². The fraction of sp³-hybridized carbons (Fsp3) is 0.368. The minimum atomic E-state index is -0.248. The van der Waals surface area contributed by atoms with Crippen LogP contribution < -0.4 is 4.74 Å². The molecule has 0 saturated carbocycles. The van der Waals surface area contributed by atoms with Gasteiger partial charge in [-0.25, -0.2) is 0 Å². The molecule has 3 heteroatoms. The van der Waals surface area contributed by atoms with Crippen molar-refractivity contribution in [3.05, 3.63) is 40.6 Å². The van der Waals surface area contributed by atoms with E-state index in [0.29, 0.717) is 12.5 Å². The van der Waals surface area contributed by atoms with E-state index in [2.05, 4.69) is 48.9 Å². The molecule has 0 saturated heterocycles. The molecule has 1 aromatic rings. The molecule has 0 N–H and O–H groups in total. The number of hydrogen-bond donors (Lipinski definition) is 0. The van der Waals surface area contributed by atoms with Crippen LogP contribution in [0.5, 0.6) is 5.75 Å². The van der Waals surface area contributed by atoms with Crippen LogP contribution in [0.3, 0.4) is 0 Å². The lowest BCUT2D eigenvalue weighted by Gasteiger charge is -2.15. The van der Waals surface area contributed by atoms with Gasteiger partial charge in [0.15, 0.2) is 6.29 Å². The van der Waals surface area contributed by atoms with Crippen molar-refractivity contribution in [3.8, 4) is 16.9 Å². The molecule has 2 aliphatic rings. The van der Waals surface area contributed by atoms with Gasteiger partial charge in [-0.1, -0.05) is 26.0 Å². The van der Waals surface area contributed by atoms with E-state index in [1.165, 1.54) is 27.5 Å². The molecule has 1 heterocycles. The number of thiophene rings is 1. The van der Waals surface area contributed by atoms with Crippen LogP contribution in [0.2, 0.25) is 0 Å². The van der Waals surface area contributed by atoms with Gasteiger partial charge in [0.05, 0.1) is 0 Å². The number of ether oxygens (including phenoxy) is 2. The first-order chi connectivity index (χ1) is 10.6. The maximum Gasteiger partial charge on any atom is 0.196 e. The molecule has 2 aliphatic carbocycles. The van der Waals surface area contributed by atoms with Gasteiger partial charge < -0.3 is 9.47 Å². The summed E-state index contributed by atoms with van der Waals surface area (Å²) in [6, 6.07) is 8.79. The molecular formula is C19H22O2S. The molecule has 1 aromatic heterocycles. The number of rotatable bonds is 5. The van der Waals surface area contributed by atoms with Gasteiger partial charge in [-0.3, -0.25) is 0 Å². The molecular weight excluding hydrogens is 292 g/mol. The fourth-order valence-electron chi connectivity index (χ4n) is 2.79. The second-order valence-corrected chi connectivity index (χ2v) is 6.60. The van der Waals surface area contributed by atoms with Gasteiger partial charge in [0.1, 0.15) is 5.75 Å². The van der Waals surface area contributed by atoms with Crippen LogP contribution in [0.25, 0.3) is 21.9 Å². The first-order valence-electron chi connectivity index (χ1n) is 7.81. The Morgan fingerprint density at radius 1 is 1.09 bits per heavy atom. The highest BCUT2D eigenvalue weighted by Crippen LogP contribution is 2.43. The molecule has 0 amide bonds. The van der Waals surface area contributed by atoms with E-state index >= 15 is 0 Å². The highest BCUT2D eigenvalue weighted by molar-refractivity contribution is 7.09. The van der Waals surface area contributed by atoms with Crippen molar-refractivity contribution < 1.29 is 9.47 Å². The molecule has 1 unspecified atom stereocenters. The van der Waals surface area contributed by atoms with Crippen molar-refractivity contribution in [2.45, 2.75) is 39.9 Å². The Labute approximate surface area is 136 Å². The quantitative estimate of drug-likeness (QED) is 0.547. The van der Waals surface area contributed by atoms with Gasteiger partial charge >= 0.3 is 0 Å². The molecule has 2 nitrogen and oxygen atoms in total. The van der Waals surface area contributed by atoms with Crippen LogP contribution in [0.15, 0.2) is 35.0 Å². The molecule has 0 spiro atoms. The highest BCUT2D eigenvalue weighted by atomic mass is 32.1. The molecule has 116 valence electrons. The molecule has 3 rings (SSSR count). The summed E-state index contributed by atoms with van der Waals surface area (Å²) < 4.78 is 11.6. The smallest absolute Gasteiger partial charge is 0.196 e.